The normalized spacial score (nSPS) is 14.1. The summed E-state index contributed by atoms with van der Waals surface area (Å²) in [4.78, 5) is 29.5. The van der Waals surface area contributed by atoms with Crippen LogP contribution in [-0.4, -0.2) is 21.4 Å². The van der Waals surface area contributed by atoms with Crippen LogP contribution in [0.2, 0.25) is 0 Å². The number of benzene rings is 3. The van der Waals surface area contributed by atoms with E-state index in [2.05, 4.69) is 20.2 Å². The molecule has 4 aromatic rings. The van der Waals surface area contributed by atoms with Gasteiger partial charge in [-0.15, -0.1) is 0 Å². The summed E-state index contributed by atoms with van der Waals surface area (Å²) in [5.74, 6) is 0.978. The number of aryl methyl sites for hydroxylation is 1. The number of nitrogens with one attached hydrogen (secondary N) is 2. The summed E-state index contributed by atoms with van der Waals surface area (Å²) in [6.07, 6.45) is 1.95. The van der Waals surface area contributed by atoms with Crippen LogP contribution in [0.1, 0.15) is 47.6 Å². The summed E-state index contributed by atoms with van der Waals surface area (Å²) >= 11 is 0. The Hall–Kier alpha value is -3.93. The predicted molar refractivity (Wildman–Crippen MR) is 129 cm³/mol. The Labute approximate surface area is 192 Å². The van der Waals surface area contributed by atoms with E-state index in [1.54, 1.807) is 0 Å². The van der Waals surface area contributed by atoms with Crippen molar-refractivity contribution in [3.8, 4) is 5.69 Å². The molecule has 1 saturated carbocycles. The number of hydrogen-bond donors (Lipinski definition) is 2. The molecule has 0 radical (unpaired) electrons. The van der Waals surface area contributed by atoms with Gasteiger partial charge in [-0.3, -0.25) is 14.2 Å². The van der Waals surface area contributed by atoms with E-state index in [-0.39, 0.29) is 23.8 Å². The average Bonchev–Trinajstić information content (AvgIpc) is 3.62. The Bertz CT molecular complexity index is 1320. The first-order valence-corrected chi connectivity index (χ1v) is 11.3. The maximum atomic E-state index is 12.9. The van der Waals surface area contributed by atoms with Crippen LogP contribution in [0.4, 0.5) is 5.69 Å². The second kappa shape index (κ2) is 8.54. The summed E-state index contributed by atoms with van der Waals surface area (Å²) in [5.41, 5.74) is 5.11. The maximum absolute atomic E-state index is 12.9. The molecule has 1 aromatic heterocycles. The van der Waals surface area contributed by atoms with Crippen molar-refractivity contribution in [2.75, 3.05) is 5.32 Å². The molecule has 5 rings (SSSR count). The van der Waals surface area contributed by atoms with Gasteiger partial charge in [0, 0.05) is 22.9 Å². The minimum absolute atomic E-state index is 0.0874. The van der Waals surface area contributed by atoms with Crippen LogP contribution < -0.4 is 10.6 Å². The number of imidazole rings is 1. The molecule has 0 bridgehead atoms. The zero-order chi connectivity index (χ0) is 22.9. The van der Waals surface area contributed by atoms with Gasteiger partial charge in [-0.1, -0.05) is 30.3 Å². The van der Waals surface area contributed by atoms with E-state index in [4.69, 9.17) is 0 Å². The van der Waals surface area contributed by atoms with Crippen molar-refractivity contribution in [1.29, 1.82) is 0 Å². The Kier molecular flexibility index (Phi) is 5.42. The number of fused-ring (bicyclic) bond motifs is 1. The fourth-order valence-corrected chi connectivity index (χ4v) is 4.05. The molecular formula is C27H26N4O2. The molecule has 1 unspecified atom stereocenters. The molecular weight excluding hydrogens is 412 g/mol. The number of carbonyl (C=O) groups is 2. The molecule has 0 spiro atoms. The van der Waals surface area contributed by atoms with Gasteiger partial charge < -0.3 is 10.6 Å². The number of aromatic nitrogens is 2. The van der Waals surface area contributed by atoms with Crippen LogP contribution in [-0.2, 0) is 4.79 Å². The van der Waals surface area contributed by atoms with Gasteiger partial charge in [-0.25, -0.2) is 4.98 Å². The average molecular weight is 439 g/mol. The van der Waals surface area contributed by atoms with Crippen molar-refractivity contribution < 1.29 is 9.59 Å². The van der Waals surface area contributed by atoms with E-state index >= 15 is 0 Å². The van der Waals surface area contributed by atoms with E-state index in [0.29, 0.717) is 5.56 Å². The molecule has 1 fully saturated rings. The lowest BCUT2D eigenvalue weighted by Crippen LogP contribution is -2.26. The van der Waals surface area contributed by atoms with Crippen LogP contribution in [0.5, 0.6) is 0 Å². The first kappa shape index (κ1) is 20.9. The second-order valence-electron chi connectivity index (χ2n) is 8.61. The largest absolute Gasteiger partial charge is 0.346 e. The molecule has 2 amide bonds. The molecule has 1 aliphatic rings. The smallest absolute Gasteiger partial charge is 0.251 e. The SMILES string of the molecule is Cc1nc2cc(C(=O)NC(C)c3ccc(NC(=O)C4CC4)cc3)ccc2n1-c1ccccc1. The van der Waals surface area contributed by atoms with Crippen molar-refractivity contribution >= 4 is 28.5 Å². The summed E-state index contributed by atoms with van der Waals surface area (Å²) in [6.45, 7) is 3.91. The summed E-state index contributed by atoms with van der Waals surface area (Å²) < 4.78 is 2.09. The zero-order valence-electron chi connectivity index (χ0n) is 18.7. The number of rotatable bonds is 6. The number of anilines is 1. The number of amides is 2. The lowest BCUT2D eigenvalue weighted by molar-refractivity contribution is -0.117. The van der Waals surface area contributed by atoms with Gasteiger partial charge in [0.05, 0.1) is 17.1 Å². The van der Waals surface area contributed by atoms with Gasteiger partial charge in [0.25, 0.3) is 5.91 Å². The molecule has 2 N–H and O–H groups in total. The Morgan fingerprint density at radius 3 is 2.42 bits per heavy atom. The minimum Gasteiger partial charge on any atom is -0.346 e. The highest BCUT2D eigenvalue weighted by atomic mass is 16.2. The van der Waals surface area contributed by atoms with E-state index in [0.717, 1.165) is 46.6 Å². The molecule has 3 aromatic carbocycles. The molecule has 166 valence electrons. The van der Waals surface area contributed by atoms with E-state index in [9.17, 15) is 9.59 Å². The van der Waals surface area contributed by atoms with Gasteiger partial charge in [-0.2, -0.15) is 0 Å². The molecule has 1 atom stereocenters. The number of carbonyl (C=O) groups excluding carboxylic acids is 2. The molecule has 6 heteroatoms. The van der Waals surface area contributed by atoms with Crippen LogP contribution >= 0.6 is 0 Å². The third-order valence-electron chi connectivity index (χ3n) is 6.07. The van der Waals surface area contributed by atoms with Crippen molar-refractivity contribution in [3.63, 3.8) is 0 Å². The zero-order valence-corrected chi connectivity index (χ0v) is 18.7. The third kappa shape index (κ3) is 4.37. The molecule has 6 nitrogen and oxygen atoms in total. The standard InChI is InChI=1S/C27H26N4O2/c1-17(19-10-13-22(14-11-19)30-26(32)20-8-9-20)28-27(33)21-12-15-25-24(16-21)29-18(2)31(25)23-6-4-3-5-7-23/h3-7,10-17,20H,8-9H2,1-2H3,(H,28,33)(H,30,32). The van der Waals surface area contributed by atoms with Crippen LogP contribution in [0.25, 0.3) is 16.7 Å². The van der Waals surface area contributed by atoms with Crippen molar-refractivity contribution in [3.05, 3.63) is 89.7 Å². The van der Waals surface area contributed by atoms with Gasteiger partial charge in [0.2, 0.25) is 5.91 Å². The van der Waals surface area contributed by atoms with Gasteiger partial charge >= 0.3 is 0 Å². The number of nitrogens with zero attached hydrogens (tertiary/aromatic N) is 2. The number of hydrogen-bond acceptors (Lipinski definition) is 3. The molecule has 33 heavy (non-hydrogen) atoms. The van der Waals surface area contributed by atoms with Crippen molar-refractivity contribution in [1.82, 2.24) is 14.9 Å². The quantitative estimate of drug-likeness (QED) is 0.436. The predicted octanol–water partition coefficient (Wildman–Crippen LogP) is 5.17. The van der Waals surface area contributed by atoms with Crippen LogP contribution in [0.3, 0.4) is 0 Å². The lowest BCUT2D eigenvalue weighted by Gasteiger charge is -2.15. The topological polar surface area (TPSA) is 76.0 Å². The van der Waals surface area contributed by atoms with E-state index in [1.165, 1.54) is 0 Å². The fourth-order valence-electron chi connectivity index (χ4n) is 4.05. The molecule has 0 saturated heterocycles. The second-order valence-corrected chi connectivity index (χ2v) is 8.61. The molecule has 1 heterocycles. The fraction of sp³-hybridized carbons (Fsp3) is 0.222. The van der Waals surface area contributed by atoms with Gasteiger partial charge in [0.1, 0.15) is 5.82 Å². The molecule has 1 aliphatic carbocycles. The van der Waals surface area contributed by atoms with Gasteiger partial charge in [-0.05, 0) is 74.7 Å². The minimum atomic E-state index is -0.176. The van der Waals surface area contributed by atoms with Crippen molar-refractivity contribution in [2.45, 2.75) is 32.7 Å². The first-order valence-electron chi connectivity index (χ1n) is 11.3. The number of para-hydroxylation sites is 1. The van der Waals surface area contributed by atoms with Gasteiger partial charge in [0.15, 0.2) is 0 Å². The Balaban J connectivity index is 1.30. The van der Waals surface area contributed by atoms with Crippen LogP contribution in [0, 0.1) is 12.8 Å². The summed E-state index contributed by atoms with van der Waals surface area (Å²) in [5, 5.41) is 5.99. The first-order chi connectivity index (χ1) is 16.0. The van der Waals surface area contributed by atoms with Crippen LogP contribution in [0.15, 0.2) is 72.8 Å². The third-order valence-corrected chi connectivity index (χ3v) is 6.07. The van der Waals surface area contributed by atoms with E-state index in [1.807, 2.05) is 86.6 Å². The Morgan fingerprint density at radius 2 is 1.73 bits per heavy atom. The highest BCUT2D eigenvalue weighted by Gasteiger charge is 2.29. The highest BCUT2D eigenvalue weighted by Crippen LogP contribution is 2.30. The van der Waals surface area contributed by atoms with Crippen molar-refractivity contribution in [2.24, 2.45) is 5.92 Å². The maximum Gasteiger partial charge on any atom is 0.251 e. The lowest BCUT2D eigenvalue weighted by atomic mass is 10.1. The Morgan fingerprint density at radius 1 is 1.00 bits per heavy atom. The monoisotopic (exact) mass is 438 g/mol. The summed E-state index contributed by atoms with van der Waals surface area (Å²) in [6, 6.07) is 23.1. The highest BCUT2D eigenvalue weighted by molar-refractivity contribution is 5.98. The summed E-state index contributed by atoms with van der Waals surface area (Å²) in [7, 11) is 0. The van der Waals surface area contributed by atoms with E-state index < -0.39 is 0 Å². The molecule has 0 aliphatic heterocycles.